The minimum Gasteiger partial charge on any atom is -0.484 e. The van der Waals surface area contributed by atoms with Gasteiger partial charge < -0.3 is 10.1 Å². The molecule has 0 radical (unpaired) electrons. The fourth-order valence-corrected chi connectivity index (χ4v) is 2.11. The average molecular weight is 287 g/mol. The van der Waals surface area contributed by atoms with E-state index in [-0.39, 0.29) is 12.5 Å². The largest absolute Gasteiger partial charge is 0.484 e. The number of benzene rings is 1. The monoisotopic (exact) mass is 287 g/mol. The van der Waals surface area contributed by atoms with Crippen LogP contribution in [0.4, 0.5) is 0 Å². The van der Waals surface area contributed by atoms with Crippen molar-refractivity contribution in [3.05, 3.63) is 46.4 Å². The van der Waals surface area contributed by atoms with Crippen LogP contribution in [0, 0.1) is 11.3 Å². The second kappa shape index (κ2) is 7.26. The van der Waals surface area contributed by atoms with E-state index in [1.165, 1.54) is 11.3 Å². The first-order valence-corrected chi connectivity index (χ1v) is 6.99. The number of aromatic nitrogens is 1. The predicted molar refractivity (Wildman–Crippen MR) is 75.5 cm³/mol. The first kappa shape index (κ1) is 14.0. The van der Waals surface area contributed by atoms with E-state index in [0.717, 1.165) is 5.69 Å². The van der Waals surface area contributed by atoms with Crippen molar-refractivity contribution < 1.29 is 9.53 Å². The number of rotatable bonds is 6. The van der Waals surface area contributed by atoms with Gasteiger partial charge in [0.25, 0.3) is 5.91 Å². The molecule has 2 rings (SSSR count). The van der Waals surface area contributed by atoms with Crippen LogP contribution >= 0.6 is 11.3 Å². The number of nitriles is 1. The molecule has 0 saturated carbocycles. The Bertz CT molecular complexity index is 588. The summed E-state index contributed by atoms with van der Waals surface area (Å²) in [6.07, 6.45) is 0.714. The number of hydrogen-bond donors (Lipinski definition) is 1. The quantitative estimate of drug-likeness (QED) is 0.878. The van der Waals surface area contributed by atoms with Crippen molar-refractivity contribution in [1.29, 1.82) is 5.26 Å². The van der Waals surface area contributed by atoms with E-state index in [1.54, 1.807) is 29.8 Å². The highest BCUT2D eigenvalue weighted by Crippen LogP contribution is 2.11. The summed E-state index contributed by atoms with van der Waals surface area (Å²) in [5.74, 6) is 0.392. The van der Waals surface area contributed by atoms with Crippen molar-refractivity contribution in [2.75, 3.05) is 13.2 Å². The molecule has 1 heterocycles. The average Bonchev–Trinajstić information content (AvgIpc) is 2.99. The Kier molecular flexibility index (Phi) is 5.09. The topological polar surface area (TPSA) is 75.0 Å². The maximum absolute atomic E-state index is 11.6. The van der Waals surface area contributed by atoms with Gasteiger partial charge in [0.1, 0.15) is 5.75 Å². The normalized spacial score (nSPS) is 9.75. The predicted octanol–water partition coefficient (Wildman–Crippen LogP) is 1.75. The number of amides is 1. The smallest absolute Gasteiger partial charge is 0.257 e. The van der Waals surface area contributed by atoms with Crippen LogP contribution in [-0.2, 0) is 11.2 Å². The molecule has 1 aromatic carbocycles. The third-order valence-corrected chi connectivity index (χ3v) is 3.18. The van der Waals surface area contributed by atoms with Gasteiger partial charge in [0.15, 0.2) is 6.61 Å². The molecule has 0 bridgehead atoms. The minimum atomic E-state index is -0.176. The lowest BCUT2D eigenvalue weighted by Crippen LogP contribution is -2.30. The SMILES string of the molecule is N#Cc1ccc(OCC(=O)NCCc2cscn2)cc1. The molecule has 2 aromatic rings. The van der Waals surface area contributed by atoms with Crippen LogP contribution in [0.5, 0.6) is 5.75 Å². The van der Waals surface area contributed by atoms with Gasteiger partial charge in [-0.15, -0.1) is 11.3 Å². The third kappa shape index (κ3) is 4.37. The lowest BCUT2D eigenvalue weighted by Gasteiger charge is -2.06. The number of thiazole rings is 1. The number of nitrogens with zero attached hydrogens (tertiary/aromatic N) is 2. The zero-order valence-electron chi connectivity index (χ0n) is 10.7. The molecule has 6 heteroatoms. The molecule has 0 aliphatic carbocycles. The summed E-state index contributed by atoms with van der Waals surface area (Å²) in [6.45, 7) is 0.502. The van der Waals surface area contributed by atoms with E-state index in [4.69, 9.17) is 10.00 Å². The maximum atomic E-state index is 11.6. The molecule has 1 aromatic heterocycles. The molecule has 0 atom stereocenters. The minimum absolute atomic E-state index is 0.0387. The van der Waals surface area contributed by atoms with Gasteiger partial charge in [0, 0.05) is 18.3 Å². The number of carbonyl (C=O) groups excluding carboxylic acids is 1. The van der Waals surface area contributed by atoms with Gasteiger partial charge in [-0.25, -0.2) is 4.98 Å². The highest BCUT2D eigenvalue weighted by atomic mass is 32.1. The zero-order valence-corrected chi connectivity index (χ0v) is 11.5. The van der Waals surface area contributed by atoms with E-state index in [9.17, 15) is 4.79 Å². The number of nitrogens with one attached hydrogen (secondary N) is 1. The Balaban J connectivity index is 1.68. The van der Waals surface area contributed by atoms with Gasteiger partial charge in [-0.2, -0.15) is 5.26 Å². The Morgan fingerprint density at radius 2 is 2.20 bits per heavy atom. The molecule has 5 nitrogen and oxygen atoms in total. The number of carbonyl (C=O) groups is 1. The highest BCUT2D eigenvalue weighted by Gasteiger charge is 2.03. The van der Waals surface area contributed by atoms with E-state index >= 15 is 0 Å². The van der Waals surface area contributed by atoms with E-state index in [0.29, 0.717) is 24.3 Å². The third-order valence-electron chi connectivity index (χ3n) is 2.54. The van der Waals surface area contributed by atoms with Crippen LogP contribution < -0.4 is 10.1 Å². The molecule has 1 amide bonds. The number of hydrogen-bond acceptors (Lipinski definition) is 5. The van der Waals surface area contributed by atoms with Crippen molar-refractivity contribution in [3.63, 3.8) is 0 Å². The molecular weight excluding hydrogens is 274 g/mol. The van der Waals surface area contributed by atoms with E-state index in [1.807, 2.05) is 11.4 Å². The number of ether oxygens (including phenoxy) is 1. The molecule has 102 valence electrons. The Labute approximate surface area is 120 Å². The first-order chi connectivity index (χ1) is 9.78. The second-order valence-corrected chi connectivity index (χ2v) is 4.72. The van der Waals surface area contributed by atoms with Gasteiger partial charge in [-0.3, -0.25) is 4.79 Å². The summed E-state index contributed by atoms with van der Waals surface area (Å²) in [4.78, 5) is 15.7. The summed E-state index contributed by atoms with van der Waals surface area (Å²) >= 11 is 1.54. The Morgan fingerprint density at radius 3 is 2.85 bits per heavy atom. The van der Waals surface area contributed by atoms with Crippen molar-refractivity contribution in [2.24, 2.45) is 0 Å². The molecule has 0 fully saturated rings. The van der Waals surface area contributed by atoms with Gasteiger partial charge in [0.05, 0.1) is 22.8 Å². The molecule has 0 aliphatic rings. The van der Waals surface area contributed by atoms with Crippen LogP contribution in [0.3, 0.4) is 0 Å². The van der Waals surface area contributed by atoms with Crippen molar-refractivity contribution in [2.45, 2.75) is 6.42 Å². The van der Waals surface area contributed by atoms with Crippen molar-refractivity contribution in [3.8, 4) is 11.8 Å². The highest BCUT2D eigenvalue weighted by molar-refractivity contribution is 7.07. The zero-order chi connectivity index (χ0) is 14.2. The molecular formula is C14H13N3O2S. The van der Waals surface area contributed by atoms with Gasteiger partial charge >= 0.3 is 0 Å². The van der Waals surface area contributed by atoms with Crippen LogP contribution in [0.25, 0.3) is 0 Å². The second-order valence-electron chi connectivity index (χ2n) is 4.00. The summed E-state index contributed by atoms with van der Waals surface area (Å²) in [6, 6.07) is 8.65. The van der Waals surface area contributed by atoms with Gasteiger partial charge in [-0.1, -0.05) is 0 Å². The molecule has 0 spiro atoms. The standard InChI is InChI=1S/C14H13N3O2S/c15-7-11-1-3-13(4-2-11)19-8-14(18)16-6-5-12-9-20-10-17-12/h1-4,9-10H,5-6,8H2,(H,16,18). The summed E-state index contributed by atoms with van der Waals surface area (Å²) < 4.78 is 5.32. The van der Waals surface area contributed by atoms with Crippen LogP contribution in [0.15, 0.2) is 35.2 Å². The summed E-state index contributed by atoms with van der Waals surface area (Å²) in [5.41, 5.74) is 3.30. The lowest BCUT2D eigenvalue weighted by molar-refractivity contribution is -0.123. The molecule has 0 unspecified atom stereocenters. The molecule has 20 heavy (non-hydrogen) atoms. The van der Waals surface area contributed by atoms with Gasteiger partial charge in [-0.05, 0) is 24.3 Å². The van der Waals surface area contributed by atoms with Crippen LogP contribution in [-0.4, -0.2) is 24.0 Å². The van der Waals surface area contributed by atoms with Crippen molar-refractivity contribution >= 4 is 17.2 Å². The summed E-state index contributed by atoms with van der Waals surface area (Å²) in [7, 11) is 0. The molecule has 1 N–H and O–H groups in total. The van der Waals surface area contributed by atoms with E-state index in [2.05, 4.69) is 10.3 Å². The fourth-order valence-electron chi connectivity index (χ4n) is 1.52. The Morgan fingerprint density at radius 1 is 1.40 bits per heavy atom. The summed E-state index contributed by atoms with van der Waals surface area (Å²) in [5, 5.41) is 13.4. The van der Waals surface area contributed by atoms with Crippen LogP contribution in [0.2, 0.25) is 0 Å². The first-order valence-electron chi connectivity index (χ1n) is 6.04. The van der Waals surface area contributed by atoms with Crippen molar-refractivity contribution in [1.82, 2.24) is 10.3 Å². The fraction of sp³-hybridized carbons (Fsp3) is 0.214. The van der Waals surface area contributed by atoms with Crippen LogP contribution in [0.1, 0.15) is 11.3 Å². The van der Waals surface area contributed by atoms with Gasteiger partial charge in [0.2, 0.25) is 0 Å². The lowest BCUT2D eigenvalue weighted by atomic mass is 10.2. The Hall–Kier alpha value is -2.39. The molecule has 0 saturated heterocycles. The van der Waals surface area contributed by atoms with E-state index < -0.39 is 0 Å². The maximum Gasteiger partial charge on any atom is 0.257 e. The molecule has 0 aliphatic heterocycles.